The fraction of sp³-hybridized carbons (Fsp3) is 0.353. The predicted octanol–water partition coefficient (Wildman–Crippen LogP) is 0.359. The van der Waals surface area contributed by atoms with Gasteiger partial charge in [0.25, 0.3) is 5.56 Å². The number of hydrogen-bond acceptors (Lipinski definition) is 4. The summed E-state index contributed by atoms with van der Waals surface area (Å²) in [5.41, 5.74) is 1.15. The van der Waals surface area contributed by atoms with Crippen LogP contribution in [0.1, 0.15) is 11.1 Å². The van der Waals surface area contributed by atoms with Crippen molar-refractivity contribution in [2.45, 2.75) is 20.4 Å². The number of nitrogens with one attached hydrogen (secondary N) is 1. The Morgan fingerprint density at radius 1 is 1.17 bits per heavy atom. The van der Waals surface area contributed by atoms with Crippen LogP contribution in [0.3, 0.4) is 0 Å². The van der Waals surface area contributed by atoms with Gasteiger partial charge in [0.15, 0.2) is 0 Å². The van der Waals surface area contributed by atoms with E-state index in [1.54, 1.807) is 0 Å². The molecule has 0 atom stereocenters. The van der Waals surface area contributed by atoms with Crippen molar-refractivity contribution in [2.75, 3.05) is 13.2 Å². The summed E-state index contributed by atoms with van der Waals surface area (Å²) in [6, 6.07) is 7.14. The van der Waals surface area contributed by atoms with Crippen LogP contribution in [0.2, 0.25) is 0 Å². The molecule has 0 aliphatic rings. The fourth-order valence-electron chi connectivity index (χ4n) is 2.32. The summed E-state index contributed by atoms with van der Waals surface area (Å²) < 4.78 is 7.84. The molecule has 1 N–H and O–H groups in total. The first-order valence-electron chi connectivity index (χ1n) is 7.62. The highest BCUT2D eigenvalue weighted by Gasteiger charge is 2.07. The van der Waals surface area contributed by atoms with Crippen LogP contribution in [-0.2, 0) is 18.4 Å². The zero-order chi connectivity index (χ0) is 17.7. The SMILES string of the molecule is Cc1cccc(C)c1OCCNC(=O)Cn1ccc(=O)n(C)c1=O. The first-order valence-corrected chi connectivity index (χ1v) is 7.62. The summed E-state index contributed by atoms with van der Waals surface area (Å²) in [6.45, 7) is 4.45. The smallest absolute Gasteiger partial charge is 0.331 e. The molecule has 1 aromatic heterocycles. The third-order valence-corrected chi connectivity index (χ3v) is 3.65. The van der Waals surface area contributed by atoms with Crippen LogP contribution in [0.4, 0.5) is 0 Å². The van der Waals surface area contributed by atoms with Crippen LogP contribution >= 0.6 is 0 Å². The zero-order valence-corrected chi connectivity index (χ0v) is 14.0. The molecule has 1 aromatic carbocycles. The highest BCUT2D eigenvalue weighted by atomic mass is 16.5. The van der Waals surface area contributed by atoms with Crippen molar-refractivity contribution in [3.63, 3.8) is 0 Å². The second-order valence-corrected chi connectivity index (χ2v) is 5.54. The van der Waals surface area contributed by atoms with Gasteiger partial charge >= 0.3 is 5.69 Å². The van der Waals surface area contributed by atoms with Crippen molar-refractivity contribution < 1.29 is 9.53 Å². The molecule has 0 spiro atoms. The molecule has 2 rings (SSSR count). The summed E-state index contributed by atoms with van der Waals surface area (Å²) in [5, 5.41) is 2.69. The van der Waals surface area contributed by atoms with Gasteiger partial charge in [-0.25, -0.2) is 4.79 Å². The van der Waals surface area contributed by atoms with E-state index in [0.717, 1.165) is 21.4 Å². The Kier molecular flexibility index (Phi) is 5.57. The second-order valence-electron chi connectivity index (χ2n) is 5.54. The molecule has 24 heavy (non-hydrogen) atoms. The van der Waals surface area contributed by atoms with E-state index in [9.17, 15) is 14.4 Å². The number of ether oxygens (including phenoxy) is 1. The largest absolute Gasteiger partial charge is 0.491 e. The Labute approximate surface area is 139 Å². The number of rotatable bonds is 6. The van der Waals surface area contributed by atoms with Crippen molar-refractivity contribution in [2.24, 2.45) is 7.05 Å². The molecule has 0 saturated carbocycles. The lowest BCUT2D eigenvalue weighted by Crippen LogP contribution is -2.40. The average molecular weight is 331 g/mol. The van der Waals surface area contributed by atoms with Crippen molar-refractivity contribution >= 4 is 5.91 Å². The third-order valence-electron chi connectivity index (χ3n) is 3.65. The molecule has 7 nitrogen and oxygen atoms in total. The van der Waals surface area contributed by atoms with Gasteiger partial charge in [-0.2, -0.15) is 0 Å². The molecule has 1 amide bonds. The predicted molar refractivity (Wildman–Crippen MR) is 90.4 cm³/mol. The van der Waals surface area contributed by atoms with Crippen LogP contribution in [0.5, 0.6) is 5.75 Å². The minimum absolute atomic E-state index is 0.143. The Morgan fingerprint density at radius 2 is 1.83 bits per heavy atom. The van der Waals surface area contributed by atoms with E-state index in [2.05, 4.69) is 5.32 Å². The molecule has 0 unspecified atom stereocenters. The zero-order valence-electron chi connectivity index (χ0n) is 14.0. The van der Waals surface area contributed by atoms with E-state index in [4.69, 9.17) is 4.74 Å². The second kappa shape index (κ2) is 7.63. The van der Waals surface area contributed by atoms with Gasteiger partial charge in [0.05, 0.1) is 6.54 Å². The van der Waals surface area contributed by atoms with E-state index >= 15 is 0 Å². The van der Waals surface area contributed by atoms with Gasteiger partial charge in [0.2, 0.25) is 5.91 Å². The third kappa shape index (κ3) is 4.13. The van der Waals surface area contributed by atoms with E-state index in [0.29, 0.717) is 13.2 Å². The van der Waals surface area contributed by atoms with Crippen LogP contribution in [-0.4, -0.2) is 28.2 Å². The summed E-state index contributed by atoms with van der Waals surface area (Å²) in [5.74, 6) is 0.502. The molecular weight excluding hydrogens is 310 g/mol. The molecule has 0 bridgehead atoms. The number of hydrogen-bond donors (Lipinski definition) is 1. The minimum Gasteiger partial charge on any atom is -0.491 e. The molecular formula is C17H21N3O4. The lowest BCUT2D eigenvalue weighted by molar-refractivity contribution is -0.121. The molecule has 1 heterocycles. The average Bonchev–Trinajstić information content (AvgIpc) is 2.54. The Balaban J connectivity index is 1.85. The maximum Gasteiger partial charge on any atom is 0.331 e. The lowest BCUT2D eigenvalue weighted by atomic mass is 10.1. The maximum absolute atomic E-state index is 11.9. The minimum atomic E-state index is -0.524. The molecule has 0 aliphatic heterocycles. The van der Waals surface area contributed by atoms with E-state index < -0.39 is 11.2 Å². The normalized spacial score (nSPS) is 10.5. The number of amides is 1. The first kappa shape index (κ1) is 17.5. The monoisotopic (exact) mass is 331 g/mol. The molecule has 0 aliphatic carbocycles. The van der Waals surface area contributed by atoms with Crippen molar-refractivity contribution in [3.8, 4) is 5.75 Å². The summed E-state index contributed by atoms with van der Waals surface area (Å²) in [7, 11) is 1.37. The summed E-state index contributed by atoms with van der Waals surface area (Å²) >= 11 is 0. The number of carbonyl (C=O) groups is 1. The van der Waals surface area contributed by atoms with Crippen molar-refractivity contribution in [3.05, 3.63) is 62.4 Å². The van der Waals surface area contributed by atoms with Crippen LogP contribution in [0.15, 0.2) is 40.1 Å². The van der Waals surface area contributed by atoms with Gasteiger partial charge in [-0.15, -0.1) is 0 Å². The Bertz CT molecular complexity index is 831. The number of nitrogens with zero attached hydrogens (tertiary/aromatic N) is 2. The van der Waals surface area contributed by atoms with Crippen LogP contribution < -0.4 is 21.3 Å². The highest BCUT2D eigenvalue weighted by Crippen LogP contribution is 2.21. The van der Waals surface area contributed by atoms with Crippen LogP contribution in [0, 0.1) is 13.8 Å². The van der Waals surface area contributed by atoms with Crippen LogP contribution in [0.25, 0.3) is 0 Å². The lowest BCUT2D eigenvalue weighted by Gasteiger charge is -2.12. The number of para-hydroxylation sites is 1. The summed E-state index contributed by atoms with van der Waals surface area (Å²) in [6.07, 6.45) is 1.32. The molecule has 0 fully saturated rings. The first-order chi connectivity index (χ1) is 11.4. The Hall–Kier alpha value is -2.83. The number of carbonyl (C=O) groups excluding carboxylic acids is 1. The van der Waals surface area contributed by atoms with Crippen molar-refractivity contribution in [1.29, 1.82) is 0 Å². The molecule has 0 saturated heterocycles. The maximum atomic E-state index is 11.9. The van der Waals surface area contributed by atoms with E-state index in [1.165, 1.54) is 23.9 Å². The number of aryl methyl sites for hydroxylation is 2. The molecule has 0 radical (unpaired) electrons. The Morgan fingerprint density at radius 3 is 2.50 bits per heavy atom. The quantitative estimate of drug-likeness (QED) is 0.775. The van der Waals surface area contributed by atoms with Gasteiger partial charge < -0.3 is 10.1 Å². The van der Waals surface area contributed by atoms with Gasteiger partial charge in [0.1, 0.15) is 18.9 Å². The molecule has 2 aromatic rings. The topological polar surface area (TPSA) is 82.3 Å². The van der Waals surface area contributed by atoms with E-state index in [1.807, 2.05) is 32.0 Å². The fourth-order valence-corrected chi connectivity index (χ4v) is 2.32. The van der Waals surface area contributed by atoms with Gasteiger partial charge in [0, 0.05) is 19.3 Å². The highest BCUT2D eigenvalue weighted by molar-refractivity contribution is 5.75. The number of aromatic nitrogens is 2. The van der Waals surface area contributed by atoms with Crippen molar-refractivity contribution in [1.82, 2.24) is 14.5 Å². The standard InChI is InChI=1S/C17H21N3O4/c1-12-5-4-6-13(2)16(12)24-10-8-18-14(21)11-20-9-7-15(22)19(3)17(20)23/h4-7,9H,8,10-11H2,1-3H3,(H,18,21). The van der Waals surface area contributed by atoms with Gasteiger partial charge in [-0.3, -0.25) is 18.7 Å². The summed E-state index contributed by atoms with van der Waals surface area (Å²) in [4.78, 5) is 35.0. The van der Waals surface area contributed by atoms with Gasteiger partial charge in [-0.1, -0.05) is 18.2 Å². The van der Waals surface area contributed by atoms with Gasteiger partial charge in [-0.05, 0) is 25.0 Å². The number of benzene rings is 1. The molecule has 7 heteroatoms. The molecule has 128 valence electrons. The van der Waals surface area contributed by atoms with E-state index in [-0.39, 0.29) is 12.5 Å².